The maximum Gasteiger partial charge on any atom is 0.321 e. The molecule has 1 saturated carbocycles. The van der Waals surface area contributed by atoms with Gasteiger partial charge in [-0.2, -0.15) is 0 Å². The van der Waals surface area contributed by atoms with E-state index in [4.69, 9.17) is 0 Å². The first-order valence-electron chi connectivity index (χ1n) is 10.9. The van der Waals surface area contributed by atoms with E-state index in [-0.39, 0.29) is 17.8 Å². The number of rotatable bonds is 4. The average molecular weight is 415 g/mol. The Labute approximate surface area is 177 Å². The molecular weight excluding hydrogens is 383 g/mol. The molecule has 1 saturated heterocycles. The van der Waals surface area contributed by atoms with Gasteiger partial charge in [-0.3, -0.25) is 0 Å². The van der Waals surface area contributed by atoms with E-state index in [1.54, 1.807) is 23.4 Å². The van der Waals surface area contributed by atoms with Crippen LogP contribution in [0.1, 0.15) is 56.7 Å². The van der Waals surface area contributed by atoms with Crippen LogP contribution >= 0.6 is 0 Å². The van der Waals surface area contributed by atoms with Gasteiger partial charge in [-0.05, 0) is 43.9 Å². The number of aromatic nitrogens is 3. The van der Waals surface area contributed by atoms with Gasteiger partial charge in [0.15, 0.2) is 0 Å². The summed E-state index contributed by atoms with van der Waals surface area (Å²) in [5.74, 6) is 0.769. The largest absolute Gasteiger partial charge is 0.369 e. The molecule has 0 bridgehead atoms. The highest BCUT2D eigenvalue weighted by atomic mass is 19.1. The topological polar surface area (TPSA) is 66.3 Å². The first kappa shape index (κ1) is 20.6. The Kier molecular flexibility index (Phi) is 6.20. The second-order valence-electron chi connectivity index (χ2n) is 8.58. The van der Waals surface area contributed by atoms with Crippen molar-refractivity contribution >= 4 is 17.4 Å². The monoisotopic (exact) mass is 414 g/mol. The normalized spacial score (nSPS) is 20.2. The molecule has 7 nitrogen and oxygen atoms in total. The number of hydrogen-bond acceptors (Lipinski definition) is 4. The van der Waals surface area contributed by atoms with Gasteiger partial charge in [0.2, 0.25) is 0 Å². The van der Waals surface area contributed by atoms with E-state index < -0.39 is 0 Å². The molecule has 0 unspecified atom stereocenters. The fourth-order valence-electron chi connectivity index (χ4n) is 4.77. The zero-order valence-electron chi connectivity index (χ0n) is 17.9. The predicted molar refractivity (Wildman–Crippen MR) is 115 cm³/mol. The molecule has 2 amide bonds. The van der Waals surface area contributed by atoms with Gasteiger partial charge in [0.1, 0.15) is 18.0 Å². The molecule has 2 heterocycles. The predicted octanol–water partition coefficient (Wildman–Crippen LogP) is 4.13. The summed E-state index contributed by atoms with van der Waals surface area (Å²) in [5.41, 5.74) is 1.08. The van der Waals surface area contributed by atoms with Gasteiger partial charge in [-0.1, -0.05) is 19.3 Å². The van der Waals surface area contributed by atoms with Crippen molar-refractivity contribution in [2.24, 2.45) is 7.05 Å². The van der Waals surface area contributed by atoms with Crippen molar-refractivity contribution in [1.29, 1.82) is 0 Å². The van der Waals surface area contributed by atoms with Gasteiger partial charge in [0, 0.05) is 44.8 Å². The van der Waals surface area contributed by atoms with Gasteiger partial charge in [0.05, 0.1) is 5.69 Å². The van der Waals surface area contributed by atoms with E-state index in [9.17, 15) is 9.18 Å². The minimum Gasteiger partial charge on any atom is -0.369 e. The Bertz CT molecular complexity index is 878. The van der Waals surface area contributed by atoms with Crippen LogP contribution in [0.25, 0.3) is 0 Å². The highest BCUT2D eigenvalue weighted by Gasteiger charge is 2.28. The lowest BCUT2D eigenvalue weighted by Gasteiger charge is -2.33. The Morgan fingerprint density at radius 3 is 2.70 bits per heavy atom. The molecule has 2 fully saturated rings. The van der Waals surface area contributed by atoms with Gasteiger partial charge in [-0.25, -0.2) is 9.18 Å². The number of anilines is 2. The van der Waals surface area contributed by atoms with E-state index >= 15 is 0 Å². The van der Waals surface area contributed by atoms with Crippen LogP contribution in [0.4, 0.5) is 20.6 Å². The van der Waals surface area contributed by atoms with Gasteiger partial charge >= 0.3 is 6.03 Å². The molecule has 4 rings (SSSR count). The van der Waals surface area contributed by atoms with E-state index in [1.165, 1.54) is 25.3 Å². The number of nitrogens with zero attached hydrogens (tertiary/aromatic N) is 5. The molecule has 1 aliphatic heterocycles. The van der Waals surface area contributed by atoms with E-state index in [0.717, 1.165) is 31.5 Å². The summed E-state index contributed by atoms with van der Waals surface area (Å²) in [6.45, 7) is 1.27. The maximum absolute atomic E-state index is 14.8. The summed E-state index contributed by atoms with van der Waals surface area (Å²) in [7, 11) is 3.88. The quantitative estimate of drug-likeness (QED) is 0.817. The summed E-state index contributed by atoms with van der Waals surface area (Å²) in [6, 6.07) is 5.18. The van der Waals surface area contributed by atoms with Crippen molar-refractivity contribution < 1.29 is 9.18 Å². The fraction of sp³-hybridized carbons (Fsp3) is 0.591. The van der Waals surface area contributed by atoms with Crippen molar-refractivity contribution in [3.63, 3.8) is 0 Å². The first-order valence-corrected chi connectivity index (χ1v) is 10.9. The molecular formula is C22H31FN6O. The molecule has 2 aromatic rings. The standard InChI is InChI=1S/C22H31FN6O/c1-27-15-24-26-21(27)16-7-6-12-29(14-16)22(30)25-17-10-11-20(19(23)13-17)28(2)18-8-4-3-5-9-18/h10-11,13,15-16,18H,3-9,12,14H2,1-2H3,(H,25,30)/t16-/m1/s1. The van der Waals surface area contributed by atoms with Crippen LogP contribution in [0.2, 0.25) is 0 Å². The Morgan fingerprint density at radius 1 is 1.20 bits per heavy atom. The smallest absolute Gasteiger partial charge is 0.321 e. The molecule has 162 valence electrons. The van der Waals surface area contributed by atoms with Crippen LogP contribution in [0.15, 0.2) is 24.5 Å². The summed E-state index contributed by atoms with van der Waals surface area (Å²) in [6.07, 6.45) is 9.46. The number of urea groups is 1. The van der Waals surface area contributed by atoms with E-state index in [1.807, 2.05) is 18.7 Å². The Hall–Kier alpha value is -2.64. The summed E-state index contributed by atoms with van der Waals surface area (Å²) in [5, 5.41) is 11.0. The summed E-state index contributed by atoms with van der Waals surface area (Å²) >= 11 is 0. The molecule has 1 N–H and O–H groups in total. The number of hydrogen-bond donors (Lipinski definition) is 1. The molecule has 0 radical (unpaired) electrons. The number of aryl methyl sites for hydroxylation is 1. The number of amides is 2. The third-order valence-corrected chi connectivity index (χ3v) is 6.52. The Balaban J connectivity index is 1.39. The van der Waals surface area contributed by atoms with Crippen molar-refractivity contribution in [3.05, 3.63) is 36.2 Å². The average Bonchev–Trinajstić information content (AvgIpc) is 3.20. The number of nitrogens with one attached hydrogen (secondary N) is 1. The SMILES string of the molecule is CN(c1ccc(NC(=O)N2CCC[C@@H](c3nncn3C)C2)cc1F)C1CCCCC1. The number of piperidine rings is 1. The molecule has 1 aromatic carbocycles. The number of likely N-dealkylation sites (tertiary alicyclic amines) is 1. The fourth-order valence-corrected chi connectivity index (χ4v) is 4.77. The third-order valence-electron chi connectivity index (χ3n) is 6.52. The lowest BCUT2D eigenvalue weighted by Crippen LogP contribution is -2.42. The number of halogens is 1. The highest BCUT2D eigenvalue weighted by molar-refractivity contribution is 5.89. The third kappa shape index (κ3) is 4.42. The van der Waals surface area contributed by atoms with Crippen molar-refractivity contribution in [3.8, 4) is 0 Å². The highest BCUT2D eigenvalue weighted by Crippen LogP contribution is 2.30. The lowest BCUT2D eigenvalue weighted by molar-refractivity contribution is 0.190. The molecule has 30 heavy (non-hydrogen) atoms. The van der Waals surface area contributed by atoms with Crippen LogP contribution in [0.5, 0.6) is 0 Å². The van der Waals surface area contributed by atoms with Gasteiger partial charge in [0.25, 0.3) is 0 Å². The van der Waals surface area contributed by atoms with Crippen molar-refractivity contribution in [2.75, 3.05) is 30.4 Å². The molecule has 1 aliphatic carbocycles. The Morgan fingerprint density at radius 2 is 2.00 bits per heavy atom. The summed E-state index contributed by atoms with van der Waals surface area (Å²) in [4.78, 5) is 16.6. The minimum absolute atomic E-state index is 0.167. The van der Waals surface area contributed by atoms with Crippen LogP contribution in [-0.4, -0.2) is 51.9 Å². The molecule has 1 atom stereocenters. The molecule has 1 aromatic heterocycles. The van der Waals surface area contributed by atoms with Crippen LogP contribution in [-0.2, 0) is 7.05 Å². The number of carbonyl (C=O) groups is 1. The van der Waals surface area contributed by atoms with Crippen LogP contribution in [0.3, 0.4) is 0 Å². The lowest BCUT2D eigenvalue weighted by atomic mass is 9.94. The molecule has 8 heteroatoms. The number of benzene rings is 1. The minimum atomic E-state index is -0.295. The zero-order valence-corrected chi connectivity index (χ0v) is 17.9. The van der Waals surface area contributed by atoms with Crippen LogP contribution in [0, 0.1) is 5.82 Å². The van der Waals surface area contributed by atoms with E-state index in [0.29, 0.717) is 30.5 Å². The molecule has 2 aliphatic rings. The second kappa shape index (κ2) is 9.02. The van der Waals surface area contributed by atoms with Crippen LogP contribution < -0.4 is 10.2 Å². The first-order chi connectivity index (χ1) is 14.5. The van der Waals surface area contributed by atoms with E-state index in [2.05, 4.69) is 20.4 Å². The maximum atomic E-state index is 14.8. The van der Waals surface area contributed by atoms with Gasteiger partial charge < -0.3 is 19.7 Å². The summed E-state index contributed by atoms with van der Waals surface area (Å²) < 4.78 is 16.7. The number of carbonyl (C=O) groups excluding carboxylic acids is 1. The molecule has 0 spiro atoms. The zero-order chi connectivity index (χ0) is 21.1. The second-order valence-corrected chi connectivity index (χ2v) is 8.58. The van der Waals surface area contributed by atoms with Gasteiger partial charge in [-0.15, -0.1) is 10.2 Å². The van der Waals surface area contributed by atoms with Crippen molar-refractivity contribution in [2.45, 2.75) is 56.9 Å². The van der Waals surface area contributed by atoms with Crippen molar-refractivity contribution in [1.82, 2.24) is 19.7 Å².